The Kier molecular flexibility index (Phi) is 29.3. The lowest BCUT2D eigenvalue weighted by molar-refractivity contribution is -0.130. The number of likely N-dealkylation sites (N-methyl/N-ethyl adjacent to an activating group) is 2. The zero-order valence-corrected chi connectivity index (χ0v) is 27.6. The minimum absolute atomic E-state index is 0.00603. The number of ketones is 2. The average Bonchev–Trinajstić information content (AvgIpc) is 3.01. The summed E-state index contributed by atoms with van der Waals surface area (Å²) in [5.74, 6) is -1.12. The number of hydrogen-bond acceptors (Lipinski definition) is 14. The van der Waals surface area contributed by atoms with Crippen LogP contribution in [0, 0.1) is 0 Å². The van der Waals surface area contributed by atoms with E-state index in [2.05, 4.69) is 16.0 Å². The van der Waals surface area contributed by atoms with Crippen molar-refractivity contribution < 1.29 is 66.6 Å². The fourth-order valence-electron chi connectivity index (χ4n) is 3.14. The molecule has 46 heavy (non-hydrogen) atoms. The van der Waals surface area contributed by atoms with Crippen LogP contribution in [-0.2, 0) is 66.6 Å². The van der Waals surface area contributed by atoms with Crippen molar-refractivity contribution in [2.75, 3.05) is 126 Å². The topological polar surface area (TPSA) is 205 Å². The maximum absolute atomic E-state index is 11.6. The summed E-state index contributed by atoms with van der Waals surface area (Å²) in [7, 11) is 1.51. The van der Waals surface area contributed by atoms with E-state index in [1.807, 2.05) is 6.92 Å². The molecule has 0 fully saturated rings. The van der Waals surface area contributed by atoms with Crippen LogP contribution in [0.2, 0.25) is 0 Å². The lowest BCUT2D eigenvalue weighted by Crippen LogP contribution is -2.33. The highest BCUT2D eigenvalue weighted by molar-refractivity contribution is 5.85. The van der Waals surface area contributed by atoms with Crippen LogP contribution in [0.1, 0.15) is 20.8 Å². The van der Waals surface area contributed by atoms with Crippen molar-refractivity contribution in [1.82, 2.24) is 16.0 Å². The van der Waals surface area contributed by atoms with E-state index in [0.717, 1.165) is 0 Å². The molecule has 0 spiro atoms. The highest BCUT2D eigenvalue weighted by atomic mass is 16.6. The monoisotopic (exact) mass is 667 g/mol. The number of nitrogens with one attached hydrogen (secondary N) is 3. The van der Waals surface area contributed by atoms with Gasteiger partial charge in [0, 0.05) is 13.6 Å². The molecule has 0 heterocycles. The molecule has 0 aromatic rings. The molecule has 0 aromatic carbocycles. The Morgan fingerprint density at radius 1 is 0.500 bits per heavy atom. The molecule has 3 N–H and O–H groups in total. The van der Waals surface area contributed by atoms with Crippen LogP contribution in [0.15, 0.2) is 0 Å². The van der Waals surface area contributed by atoms with Crippen LogP contribution in [0.3, 0.4) is 0 Å². The molecular formula is C29H53N3O14. The number of carbonyl (C=O) groups is 5. The van der Waals surface area contributed by atoms with Crippen molar-refractivity contribution in [3.8, 4) is 0 Å². The maximum atomic E-state index is 11.6. The van der Waals surface area contributed by atoms with Gasteiger partial charge in [-0.3, -0.25) is 24.0 Å². The second-order valence-corrected chi connectivity index (χ2v) is 9.69. The van der Waals surface area contributed by atoms with Gasteiger partial charge >= 0.3 is 0 Å². The summed E-state index contributed by atoms with van der Waals surface area (Å²) in [5, 5.41) is 7.53. The van der Waals surface area contributed by atoms with Crippen molar-refractivity contribution in [2.24, 2.45) is 0 Å². The summed E-state index contributed by atoms with van der Waals surface area (Å²) in [4.78, 5) is 56.4. The van der Waals surface area contributed by atoms with Crippen molar-refractivity contribution in [3.05, 3.63) is 0 Å². The van der Waals surface area contributed by atoms with Gasteiger partial charge in [0.15, 0.2) is 5.78 Å². The fourth-order valence-corrected chi connectivity index (χ4v) is 3.14. The van der Waals surface area contributed by atoms with E-state index in [0.29, 0.717) is 6.54 Å². The van der Waals surface area contributed by atoms with Gasteiger partial charge in [-0.1, -0.05) is 0 Å². The molecular weight excluding hydrogens is 614 g/mol. The van der Waals surface area contributed by atoms with Crippen molar-refractivity contribution in [1.29, 1.82) is 0 Å². The van der Waals surface area contributed by atoms with Crippen molar-refractivity contribution >= 4 is 29.3 Å². The zero-order chi connectivity index (χ0) is 34.3. The number of ether oxygens (including phenoxy) is 9. The Labute approximate surface area is 270 Å². The molecule has 2 atom stereocenters. The average molecular weight is 668 g/mol. The summed E-state index contributed by atoms with van der Waals surface area (Å²) in [6.07, 6.45) is -0.991. The van der Waals surface area contributed by atoms with Crippen LogP contribution < -0.4 is 16.0 Å². The summed E-state index contributed by atoms with van der Waals surface area (Å²) >= 11 is 0. The van der Waals surface area contributed by atoms with Gasteiger partial charge in [0.25, 0.3) is 0 Å². The Morgan fingerprint density at radius 3 is 1.37 bits per heavy atom. The fraction of sp³-hybridized carbons (Fsp3) is 0.828. The highest BCUT2D eigenvalue weighted by Crippen LogP contribution is 2.01. The van der Waals surface area contributed by atoms with E-state index in [9.17, 15) is 24.0 Å². The van der Waals surface area contributed by atoms with Crippen LogP contribution in [0.4, 0.5) is 0 Å². The third-order valence-corrected chi connectivity index (χ3v) is 5.31. The summed E-state index contributed by atoms with van der Waals surface area (Å²) in [6.45, 7) is 6.83. The molecule has 0 aromatic heterocycles. The lowest BCUT2D eigenvalue weighted by Gasteiger charge is -2.22. The van der Waals surface area contributed by atoms with E-state index in [1.165, 1.54) is 20.9 Å². The van der Waals surface area contributed by atoms with Gasteiger partial charge in [-0.15, -0.1) is 0 Å². The van der Waals surface area contributed by atoms with Crippen LogP contribution in [0.5, 0.6) is 0 Å². The van der Waals surface area contributed by atoms with E-state index in [4.69, 9.17) is 42.6 Å². The molecule has 0 aliphatic heterocycles. The third-order valence-electron chi connectivity index (χ3n) is 5.31. The molecule has 0 aliphatic rings. The van der Waals surface area contributed by atoms with E-state index in [1.54, 1.807) is 0 Å². The first kappa shape index (κ1) is 43.4. The molecule has 0 radical (unpaired) electrons. The van der Waals surface area contributed by atoms with Crippen molar-refractivity contribution in [3.63, 3.8) is 0 Å². The van der Waals surface area contributed by atoms with Crippen LogP contribution in [0.25, 0.3) is 0 Å². The number of rotatable bonds is 33. The predicted molar refractivity (Wildman–Crippen MR) is 162 cm³/mol. The largest absolute Gasteiger partial charge is 0.376 e. The second-order valence-electron chi connectivity index (χ2n) is 9.69. The predicted octanol–water partition coefficient (Wildman–Crippen LogP) is -1.95. The van der Waals surface area contributed by atoms with E-state index < -0.39 is 18.1 Å². The first-order valence-electron chi connectivity index (χ1n) is 15.2. The Bertz CT molecular complexity index is 833. The minimum Gasteiger partial charge on any atom is -0.376 e. The Morgan fingerprint density at radius 2 is 0.913 bits per heavy atom. The Hall–Kier alpha value is -2.61. The molecule has 17 heteroatoms. The maximum Gasteiger partial charge on any atom is 0.246 e. The number of amides is 3. The standard InChI is InChI=1S/C29H53N3O14/c1-5-31-28(36)21-41-8-6-39-16-25(45-12-10-38-15-24(3)34)18-44-19-26(46-13-11-43-20-27(35)30-4)17-40-7-9-42-22-29(37)32-14-23(2)33/h25-26H,5-22H2,1-4H3,(H,30,35)(H,31,36)(H,32,37). The number of Topliss-reactive ketones (excluding diaryl/α,β-unsaturated/α-hetero) is 2. The molecule has 0 saturated carbocycles. The quantitative estimate of drug-likeness (QED) is 0.0651. The molecule has 268 valence electrons. The van der Waals surface area contributed by atoms with Gasteiger partial charge < -0.3 is 58.6 Å². The number of carbonyl (C=O) groups excluding carboxylic acids is 5. The first-order valence-corrected chi connectivity index (χ1v) is 15.2. The van der Waals surface area contributed by atoms with Crippen molar-refractivity contribution in [2.45, 2.75) is 33.0 Å². The summed E-state index contributed by atoms with van der Waals surface area (Å²) in [5.41, 5.74) is 0. The van der Waals surface area contributed by atoms with Gasteiger partial charge in [-0.2, -0.15) is 0 Å². The second kappa shape index (κ2) is 31.0. The Balaban J connectivity index is 4.71. The van der Waals surface area contributed by atoms with Gasteiger partial charge in [-0.05, 0) is 20.8 Å². The molecule has 3 amide bonds. The summed E-state index contributed by atoms with van der Waals surface area (Å²) in [6, 6.07) is 0. The molecule has 0 saturated heterocycles. The van der Waals surface area contributed by atoms with E-state index in [-0.39, 0.29) is 136 Å². The first-order chi connectivity index (χ1) is 22.2. The third kappa shape index (κ3) is 30.1. The van der Waals surface area contributed by atoms with Crippen LogP contribution >= 0.6 is 0 Å². The normalized spacial score (nSPS) is 12.3. The van der Waals surface area contributed by atoms with E-state index >= 15 is 0 Å². The smallest absolute Gasteiger partial charge is 0.246 e. The molecule has 0 rings (SSSR count). The van der Waals surface area contributed by atoms with Gasteiger partial charge in [0.2, 0.25) is 17.7 Å². The highest BCUT2D eigenvalue weighted by Gasteiger charge is 2.15. The molecule has 0 aliphatic carbocycles. The van der Waals surface area contributed by atoms with Gasteiger partial charge in [0.1, 0.15) is 44.4 Å². The number of hydrogen-bond donors (Lipinski definition) is 3. The molecule has 2 unspecified atom stereocenters. The summed E-state index contributed by atoms with van der Waals surface area (Å²) < 4.78 is 49.8. The molecule has 0 bridgehead atoms. The van der Waals surface area contributed by atoms with Crippen LogP contribution in [-0.4, -0.2) is 167 Å². The van der Waals surface area contributed by atoms with Gasteiger partial charge in [-0.25, -0.2) is 0 Å². The van der Waals surface area contributed by atoms with Gasteiger partial charge in [0.05, 0.1) is 85.8 Å². The lowest BCUT2D eigenvalue weighted by atomic mass is 10.3. The molecule has 17 nitrogen and oxygen atoms in total. The zero-order valence-electron chi connectivity index (χ0n) is 27.6. The minimum atomic E-state index is -0.509. The SMILES string of the molecule is CCNC(=O)COCCOCC(COCC(COCCOCC(=O)NCC(C)=O)OCCOCC(=O)NC)OCCOCC(C)=O.